The minimum atomic E-state index is -0.578. The highest BCUT2D eigenvalue weighted by Gasteiger charge is 2.12. The molecule has 0 radical (unpaired) electrons. The first kappa shape index (κ1) is 19.9. The highest BCUT2D eigenvalue weighted by molar-refractivity contribution is 6.34. The van der Waals surface area contributed by atoms with E-state index in [1.807, 2.05) is 0 Å². The van der Waals surface area contributed by atoms with Crippen LogP contribution in [0.4, 0.5) is 0 Å². The number of ether oxygens (including phenoxy) is 1. The molecule has 0 amide bonds. The molecular formula is C20H16Cl2N2O4. The van der Waals surface area contributed by atoms with Gasteiger partial charge in [-0.2, -0.15) is 0 Å². The minimum Gasteiger partial charge on any atom is -0.465 e. The van der Waals surface area contributed by atoms with Crippen molar-refractivity contribution in [1.82, 2.24) is 9.13 Å². The van der Waals surface area contributed by atoms with Gasteiger partial charge in [0.05, 0.1) is 25.8 Å². The van der Waals surface area contributed by atoms with Crippen LogP contribution in [-0.4, -0.2) is 22.2 Å². The third-order valence-electron chi connectivity index (χ3n) is 4.21. The van der Waals surface area contributed by atoms with E-state index >= 15 is 0 Å². The number of hydrogen-bond acceptors (Lipinski definition) is 4. The van der Waals surface area contributed by atoms with Gasteiger partial charge in [-0.15, -0.1) is 0 Å². The van der Waals surface area contributed by atoms with Gasteiger partial charge in [-0.3, -0.25) is 9.59 Å². The Balaban J connectivity index is 1.87. The largest absolute Gasteiger partial charge is 0.465 e. The van der Waals surface area contributed by atoms with E-state index in [1.54, 1.807) is 30.5 Å². The quantitative estimate of drug-likeness (QED) is 0.596. The van der Waals surface area contributed by atoms with Crippen molar-refractivity contribution >= 4 is 29.2 Å². The summed E-state index contributed by atoms with van der Waals surface area (Å²) >= 11 is 12.8. The van der Waals surface area contributed by atoms with Gasteiger partial charge in [0.1, 0.15) is 0 Å². The lowest BCUT2D eigenvalue weighted by Gasteiger charge is -2.13. The number of halogens is 2. The number of carbonyl (C=O) groups excluding carboxylic acids is 1. The number of aromatic nitrogens is 2. The Bertz CT molecular complexity index is 1150. The number of esters is 1. The zero-order valence-corrected chi connectivity index (χ0v) is 16.4. The molecule has 28 heavy (non-hydrogen) atoms. The Morgan fingerprint density at radius 2 is 1.50 bits per heavy atom. The van der Waals surface area contributed by atoms with Gasteiger partial charge in [-0.05, 0) is 35.4 Å². The lowest BCUT2D eigenvalue weighted by atomic mass is 10.1. The van der Waals surface area contributed by atoms with Crippen LogP contribution in [-0.2, 0) is 17.8 Å². The van der Waals surface area contributed by atoms with E-state index in [4.69, 9.17) is 23.2 Å². The Hall–Kier alpha value is -2.83. The second-order valence-corrected chi connectivity index (χ2v) is 6.89. The molecule has 0 aliphatic rings. The van der Waals surface area contributed by atoms with Crippen LogP contribution in [0.25, 0.3) is 0 Å². The molecule has 3 rings (SSSR count). The number of methoxy groups -OCH3 is 1. The topological polar surface area (TPSA) is 70.3 Å². The first-order chi connectivity index (χ1) is 13.4. The molecule has 0 saturated carbocycles. The smallest absolute Gasteiger partial charge is 0.338 e. The fourth-order valence-electron chi connectivity index (χ4n) is 2.71. The molecule has 2 aromatic heterocycles. The highest BCUT2D eigenvalue weighted by atomic mass is 35.5. The van der Waals surface area contributed by atoms with Gasteiger partial charge in [0.25, 0.3) is 11.1 Å². The second-order valence-electron chi connectivity index (χ2n) is 6.07. The summed E-state index contributed by atoms with van der Waals surface area (Å²) in [6.45, 7) is 0.469. The lowest BCUT2D eigenvalue weighted by molar-refractivity contribution is 0.0600. The lowest BCUT2D eigenvalue weighted by Crippen LogP contribution is -2.21. The van der Waals surface area contributed by atoms with E-state index in [0.29, 0.717) is 21.2 Å². The number of pyridine rings is 2. The molecule has 0 aliphatic heterocycles. The molecule has 6 nitrogen and oxygen atoms in total. The summed E-state index contributed by atoms with van der Waals surface area (Å²) in [6.07, 6.45) is 3.17. The maximum atomic E-state index is 12.2. The minimum absolute atomic E-state index is 0.143. The average Bonchev–Trinajstić information content (AvgIpc) is 2.68. The van der Waals surface area contributed by atoms with Gasteiger partial charge >= 0.3 is 5.97 Å². The van der Waals surface area contributed by atoms with Crippen LogP contribution >= 0.6 is 23.2 Å². The fourth-order valence-corrected chi connectivity index (χ4v) is 3.21. The van der Waals surface area contributed by atoms with Crippen molar-refractivity contribution in [2.24, 2.45) is 0 Å². The molecule has 0 saturated heterocycles. The molecule has 0 unspecified atom stereocenters. The molecular weight excluding hydrogens is 403 g/mol. The number of rotatable bonds is 5. The Kier molecular flexibility index (Phi) is 6.02. The number of benzene rings is 1. The molecule has 0 spiro atoms. The SMILES string of the molecule is COC(=O)c1ccn(Cc2cc(Cl)c(Cn3ccccc3=O)cc2Cl)c(=O)c1. The van der Waals surface area contributed by atoms with Crippen molar-refractivity contribution in [3.05, 3.63) is 102 Å². The average molecular weight is 419 g/mol. The summed E-state index contributed by atoms with van der Waals surface area (Å²) in [5.41, 5.74) is 1.00. The predicted octanol–water partition coefficient (Wildman–Crippen LogP) is 3.20. The van der Waals surface area contributed by atoms with Crippen LogP contribution in [0.1, 0.15) is 21.5 Å². The molecule has 0 atom stereocenters. The maximum Gasteiger partial charge on any atom is 0.338 e. The van der Waals surface area contributed by atoms with Crippen LogP contribution in [0.5, 0.6) is 0 Å². The van der Waals surface area contributed by atoms with Crippen molar-refractivity contribution in [2.75, 3.05) is 7.11 Å². The van der Waals surface area contributed by atoms with Crippen LogP contribution in [0.15, 0.2) is 64.4 Å². The van der Waals surface area contributed by atoms with E-state index in [-0.39, 0.29) is 29.8 Å². The molecule has 1 aromatic carbocycles. The van der Waals surface area contributed by atoms with E-state index in [9.17, 15) is 14.4 Å². The molecule has 3 aromatic rings. The normalized spacial score (nSPS) is 10.7. The van der Waals surface area contributed by atoms with Gasteiger partial charge in [-0.1, -0.05) is 29.3 Å². The second kappa shape index (κ2) is 8.46. The Morgan fingerprint density at radius 1 is 0.893 bits per heavy atom. The van der Waals surface area contributed by atoms with Gasteiger partial charge in [0.2, 0.25) is 0 Å². The standard InChI is InChI=1S/C20H16Cl2N2O4/c1-28-20(27)13-5-7-24(19(26)10-13)12-15-9-16(21)14(8-17(15)22)11-23-6-3-2-4-18(23)25/h2-10H,11-12H2,1H3. The number of nitrogens with zero attached hydrogens (tertiary/aromatic N) is 2. The first-order valence-corrected chi connectivity index (χ1v) is 9.05. The molecule has 2 heterocycles. The van der Waals surface area contributed by atoms with Crippen LogP contribution in [0, 0.1) is 0 Å². The van der Waals surface area contributed by atoms with Crippen molar-refractivity contribution in [3.63, 3.8) is 0 Å². The van der Waals surface area contributed by atoms with Crippen molar-refractivity contribution in [3.8, 4) is 0 Å². The van der Waals surface area contributed by atoms with Gasteiger partial charge < -0.3 is 13.9 Å². The van der Waals surface area contributed by atoms with Crippen molar-refractivity contribution in [1.29, 1.82) is 0 Å². The summed E-state index contributed by atoms with van der Waals surface area (Å²) in [7, 11) is 1.25. The number of carbonyl (C=O) groups is 1. The predicted molar refractivity (Wildman–Crippen MR) is 107 cm³/mol. The maximum absolute atomic E-state index is 12.2. The molecule has 0 fully saturated rings. The highest BCUT2D eigenvalue weighted by Crippen LogP contribution is 2.26. The summed E-state index contributed by atoms with van der Waals surface area (Å²) in [4.78, 5) is 35.6. The monoisotopic (exact) mass is 418 g/mol. The summed E-state index contributed by atoms with van der Waals surface area (Å²) in [5, 5.41) is 0.863. The Morgan fingerprint density at radius 3 is 2.04 bits per heavy atom. The van der Waals surface area contributed by atoms with Crippen LogP contribution in [0.3, 0.4) is 0 Å². The molecule has 8 heteroatoms. The third-order valence-corrected chi connectivity index (χ3v) is 4.92. The molecule has 0 bridgehead atoms. The first-order valence-electron chi connectivity index (χ1n) is 8.30. The van der Waals surface area contributed by atoms with E-state index in [1.165, 1.54) is 40.6 Å². The van der Waals surface area contributed by atoms with Gasteiger partial charge in [0.15, 0.2) is 0 Å². The fraction of sp³-hybridized carbons (Fsp3) is 0.150. The van der Waals surface area contributed by atoms with Gasteiger partial charge in [0, 0.05) is 34.6 Å². The summed E-state index contributed by atoms with van der Waals surface area (Å²) in [5.74, 6) is -0.578. The van der Waals surface area contributed by atoms with Crippen molar-refractivity contribution in [2.45, 2.75) is 13.1 Å². The summed E-state index contributed by atoms with van der Waals surface area (Å²) < 4.78 is 7.53. The van der Waals surface area contributed by atoms with Crippen LogP contribution < -0.4 is 11.1 Å². The molecule has 144 valence electrons. The molecule has 0 aliphatic carbocycles. The van der Waals surface area contributed by atoms with Crippen molar-refractivity contribution < 1.29 is 9.53 Å². The summed E-state index contributed by atoms with van der Waals surface area (Å²) in [6, 6.07) is 11.0. The van der Waals surface area contributed by atoms with Gasteiger partial charge in [-0.25, -0.2) is 4.79 Å². The Labute approximate surface area is 170 Å². The molecule has 0 N–H and O–H groups in total. The zero-order valence-electron chi connectivity index (χ0n) is 14.9. The van der Waals surface area contributed by atoms with E-state index < -0.39 is 5.97 Å². The van der Waals surface area contributed by atoms with E-state index in [0.717, 1.165) is 0 Å². The third kappa shape index (κ3) is 4.35. The zero-order chi connectivity index (χ0) is 20.3. The number of hydrogen-bond donors (Lipinski definition) is 0. The van der Waals surface area contributed by atoms with E-state index in [2.05, 4.69) is 4.74 Å². The van der Waals surface area contributed by atoms with Crippen LogP contribution in [0.2, 0.25) is 10.0 Å².